The largest absolute Gasteiger partial charge is 0.0901 e. The van der Waals surface area contributed by atoms with Crippen LogP contribution in [0.3, 0.4) is 0 Å². The van der Waals surface area contributed by atoms with Crippen LogP contribution >= 0.6 is 27.6 Å². The average molecular weight is 617 g/mol. The molecule has 0 aromatic heterocycles. The molecule has 0 bridgehead atoms. The Kier molecular flexibility index (Phi) is 13.5. The lowest BCUT2D eigenvalue weighted by Gasteiger charge is -2.27. The first-order valence-electron chi connectivity index (χ1n) is 15.3. The first-order chi connectivity index (χ1) is 21.3. The lowest BCUT2D eigenvalue weighted by Crippen LogP contribution is -2.21. The van der Waals surface area contributed by atoms with Crippen molar-refractivity contribution in [2.45, 2.75) is 49.6 Å². The Labute approximate surface area is 266 Å². The van der Waals surface area contributed by atoms with Crippen molar-refractivity contribution in [3.05, 3.63) is 164 Å². The SMILES string of the molecule is C1=CCC(P(c2ccccc2)c2cccc(Sc3cccc(P(c4ccccc4)c4ccccc4)c3)c2)C=C1.CC.CC. The van der Waals surface area contributed by atoms with Crippen LogP contribution in [-0.2, 0) is 0 Å². The summed E-state index contributed by atoms with van der Waals surface area (Å²) in [4.78, 5) is 2.58. The molecule has 6 rings (SSSR count). The summed E-state index contributed by atoms with van der Waals surface area (Å²) in [5.74, 6) is 0. The van der Waals surface area contributed by atoms with Gasteiger partial charge < -0.3 is 0 Å². The first kappa shape index (κ1) is 32.7. The molecule has 1 aliphatic rings. The van der Waals surface area contributed by atoms with E-state index >= 15 is 0 Å². The van der Waals surface area contributed by atoms with E-state index < -0.39 is 15.8 Å². The van der Waals surface area contributed by atoms with E-state index in [1.165, 1.54) is 36.3 Å². The smallest absolute Gasteiger partial charge is 0.0128 e. The fraction of sp³-hybridized carbons (Fsp3) is 0.150. The van der Waals surface area contributed by atoms with Gasteiger partial charge in [0.25, 0.3) is 0 Å². The fourth-order valence-corrected chi connectivity index (χ4v) is 11.1. The van der Waals surface area contributed by atoms with Crippen LogP contribution in [0.15, 0.2) is 174 Å². The standard InChI is InChI=1S/C36H30P2S.2C2H6/c1-5-15-29(16-6-1)37(30-17-7-2-8-18-30)33-23-13-25-35(27-33)39-36-26-14-24-34(28-36)38(31-19-9-3-10-20-31)32-21-11-4-12-22-32;2*1-2/h1-21,23-28,32H,22H2;2*1-2H3. The minimum atomic E-state index is -0.617. The summed E-state index contributed by atoms with van der Waals surface area (Å²) in [7, 11) is -1.10. The fourth-order valence-electron chi connectivity index (χ4n) is 5.00. The maximum Gasteiger partial charge on any atom is 0.0128 e. The van der Waals surface area contributed by atoms with Crippen LogP contribution < -0.4 is 26.5 Å². The van der Waals surface area contributed by atoms with Gasteiger partial charge in [-0.15, -0.1) is 0 Å². The zero-order chi connectivity index (χ0) is 30.3. The zero-order valence-corrected chi connectivity index (χ0v) is 28.3. The highest BCUT2D eigenvalue weighted by atomic mass is 32.2. The van der Waals surface area contributed by atoms with E-state index in [-0.39, 0.29) is 0 Å². The van der Waals surface area contributed by atoms with Crippen LogP contribution in [0.2, 0.25) is 0 Å². The van der Waals surface area contributed by atoms with Crippen molar-refractivity contribution >= 4 is 54.1 Å². The molecule has 0 nitrogen and oxygen atoms in total. The Hall–Kier alpha value is -3.21. The predicted octanol–water partition coefficient (Wildman–Crippen LogP) is 9.97. The van der Waals surface area contributed by atoms with Crippen LogP contribution in [0.25, 0.3) is 0 Å². The molecule has 43 heavy (non-hydrogen) atoms. The third-order valence-corrected chi connectivity index (χ3v) is 12.9. The van der Waals surface area contributed by atoms with Gasteiger partial charge in [-0.2, -0.15) is 0 Å². The highest BCUT2D eigenvalue weighted by molar-refractivity contribution is 7.99. The van der Waals surface area contributed by atoms with Crippen molar-refractivity contribution in [2.24, 2.45) is 0 Å². The van der Waals surface area contributed by atoms with Gasteiger partial charge in [-0.1, -0.05) is 179 Å². The molecule has 0 saturated heterocycles. The molecule has 5 aromatic carbocycles. The minimum absolute atomic E-state index is 0.485. The molecule has 0 aliphatic heterocycles. The van der Waals surface area contributed by atoms with E-state index in [0.29, 0.717) is 5.66 Å². The number of hydrogen-bond acceptors (Lipinski definition) is 1. The van der Waals surface area contributed by atoms with Gasteiger partial charge in [0.1, 0.15) is 0 Å². The summed E-state index contributed by atoms with van der Waals surface area (Å²) in [6.45, 7) is 8.00. The van der Waals surface area contributed by atoms with E-state index in [2.05, 4.69) is 164 Å². The van der Waals surface area contributed by atoms with E-state index in [9.17, 15) is 0 Å². The van der Waals surface area contributed by atoms with E-state index in [1.54, 1.807) is 0 Å². The third kappa shape index (κ3) is 8.90. The number of allylic oxidation sites excluding steroid dienone is 4. The Bertz CT molecular complexity index is 1520. The van der Waals surface area contributed by atoms with Crippen molar-refractivity contribution in [2.75, 3.05) is 0 Å². The van der Waals surface area contributed by atoms with Gasteiger partial charge in [0.2, 0.25) is 0 Å². The molecule has 0 fully saturated rings. The van der Waals surface area contributed by atoms with Crippen molar-refractivity contribution in [1.29, 1.82) is 0 Å². The Balaban J connectivity index is 0.00000102. The molecule has 0 amide bonds. The average Bonchev–Trinajstić information content (AvgIpc) is 3.09. The van der Waals surface area contributed by atoms with Crippen LogP contribution in [-0.4, -0.2) is 5.66 Å². The maximum atomic E-state index is 2.43. The highest BCUT2D eigenvalue weighted by Gasteiger charge is 2.23. The van der Waals surface area contributed by atoms with Gasteiger partial charge in [0.05, 0.1) is 0 Å². The second kappa shape index (κ2) is 17.8. The second-order valence-electron chi connectivity index (χ2n) is 9.42. The molecular weight excluding hydrogens is 574 g/mol. The number of benzene rings is 5. The molecule has 218 valence electrons. The summed E-state index contributed by atoms with van der Waals surface area (Å²) in [6.07, 6.45) is 10.2. The summed E-state index contributed by atoms with van der Waals surface area (Å²) < 4.78 is 0. The topological polar surface area (TPSA) is 0 Å². The summed E-state index contributed by atoms with van der Waals surface area (Å²) in [5.41, 5.74) is 0.524. The van der Waals surface area contributed by atoms with Gasteiger partial charge in [0, 0.05) is 15.4 Å². The molecule has 3 heteroatoms. The van der Waals surface area contributed by atoms with E-state index in [1.807, 2.05) is 39.5 Å². The molecule has 0 N–H and O–H groups in total. The lowest BCUT2D eigenvalue weighted by molar-refractivity contribution is 1.05. The monoisotopic (exact) mass is 616 g/mol. The van der Waals surface area contributed by atoms with Gasteiger partial charge >= 0.3 is 0 Å². The number of hydrogen-bond donors (Lipinski definition) is 0. The molecule has 0 spiro atoms. The Morgan fingerprint density at radius 1 is 0.488 bits per heavy atom. The molecule has 0 radical (unpaired) electrons. The van der Waals surface area contributed by atoms with Crippen LogP contribution in [0.1, 0.15) is 34.1 Å². The summed E-state index contributed by atoms with van der Waals surface area (Å²) in [5, 5.41) is 7.03. The molecule has 1 aliphatic carbocycles. The van der Waals surface area contributed by atoms with E-state index in [4.69, 9.17) is 0 Å². The molecule has 2 unspecified atom stereocenters. The van der Waals surface area contributed by atoms with Crippen LogP contribution in [0.4, 0.5) is 0 Å². The highest BCUT2D eigenvalue weighted by Crippen LogP contribution is 2.44. The van der Waals surface area contributed by atoms with E-state index in [0.717, 1.165) is 6.42 Å². The zero-order valence-electron chi connectivity index (χ0n) is 25.7. The van der Waals surface area contributed by atoms with Crippen LogP contribution in [0.5, 0.6) is 0 Å². The van der Waals surface area contributed by atoms with Crippen molar-refractivity contribution in [3.63, 3.8) is 0 Å². The normalized spacial score (nSPS) is 14.2. The molecule has 0 heterocycles. The quantitative estimate of drug-likeness (QED) is 0.156. The second-order valence-corrected chi connectivity index (χ2v) is 15.2. The van der Waals surface area contributed by atoms with Crippen molar-refractivity contribution < 1.29 is 0 Å². The lowest BCUT2D eigenvalue weighted by atomic mass is 10.2. The number of rotatable bonds is 8. The van der Waals surface area contributed by atoms with Gasteiger partial charge in [-0.05, 0) is 73.1 Å². The molecule has 5 aromatic rings. The molecular formula is C40H42P2S. The van der Waals surface area contributed by atoms with Crippen molar-refractivity contribution in [3.8, 4) is 0 Å². The summed E-state index contributed by atoms with van der Waals surface area (Å²) >= 11 is 1.87. The predicted molar refractivity (Wildman–Crippen MR) is 198 cm³/mol. The third-order valence-electron chi connectivity index (χ3n) is 6.76. The van der Waals surface area contributed by atoms with Crippen molar-refractivity contribution in [1.82, 2.24) is 0 Å². The van der Waals surface area contributed by atoms with Gasteiger partial charge in [-0.3, -0.25) is 0 Å². The summed E-state index contributed by atoms with van der Waals surface area (Å²) in [6, 6.07) is 51.4. The first-order valence-corrected chi connectivity index (χ1v) is 18.9. The Morgan fingerprint density at radius 2 is 0.953 bits per heavy atom. The van der Waals surface area contributed by atoms with Gasteiger partial charge in [-0.25, -0.2) is 0 Å². The van der Waals surface area contributed by atoms with Crippen LogP contribution in [0, 0.1) is 0 Å². The Morgan fingerprint density at radius 3 is 1.47 bits per heavy atom. The molecule has 2 atom stereocenters. The maximum absolute atomic E-state index is 2.43. The van der Waals surface area contributed by atoms with Gasteiger partial charge in [0.15, 0.2) is 0 Å². The minimum Gasteiger partial charge on any atom is -0.0901 e. The molecule has 0 saturated carbocycles.